The first-order valence-electron chi connectivity index (χ1n) is 9.56. The minimum absolute atomic E-state index is 0.120. The van der Waals surface area contributed by atoms with Crippen molar-refractivity contribution in [2.75, 3.05) is 11.1 Å². The highest BCUT2D eigenvalue weighted by Crippen LogP contribution is 2.24. The van der Waals surface area contributed by atoms with Gasteiger partial charge in [0.1, 0.15) is 0 Å². The second kappa shape index (κ2) is 10.9. The van der Waals surface area contributed by atoms with Gasteiger partial charge in [0.15, 0.2) is 16.1 Å². The van der Waals surface area contributed by atoms with Crippen molar-refractivity contribution in [3.05, 3.63) is 81.0 Å². The Morgan fingerprint density at radius 2 is 1.97 bits per heavy atom. The maximum atomic E-state index is 12.7. The summed E-state index contributed by atoms with van der Waals surface area (Å²) in [6, 6.07) is 14.6. The largest absolute Gasteiger partial charge is 0.345 e. The van der Waals surface area contributed by atoms with Crippen LogP contribution in [-0.4, -0.2) is 37.3 Å². The van der Waals surface area contributed by atoms with Crippen LogP contribution in [0.1, 0.15) is 16.2 Å². The Hall–Kier alpha value is -2.73. The molecule has 0 spiro atoms. The molecule has 168 valence electrons. The number of hydrogen-bond acceptors (Lipinski definition) is 7. The number of carbonyl (C=O) groups excluding carboxylic acids is 2. The van der Waals surface area contributed by atoms with E-state index < -0.39 is 0 Å². The first-order valence-corrected chi connectivity index (χ1v) is 12.6. The summed E-state index contributed by atoms with van der Waals surface area (Å²) in [6.07, 6.45) is 1.63. The zero-order valence-electron chi connectivity index (χ0n) is 16.9. The van der Waals surface area contributed by atoms with E-state index in [1.807, 2.05) is 34.9 Å². The highest BCUT2D eigenvalue weighted by atomic mass is 79.9. The summed E-state index contributed by atoms with van der Waals surface area (Å²) in [7, 11) is 0. The number of benzene rings is 2. The van der Waals surface area contributed by atoms with Crippen molar-refractivity contribution >= 4 is 67.6 Å². The number of nitrogens with zero attached hydrogens (tertiary/aromatic N) is 4. The van der Waals surface area contributed by atoms with Crippen LogP contribution in [0.25, 0.3) is 5.69 Å². The van der Waals surface area contributed by atoms with Gasteiger partial charge < -0.3 is 10.6 Å². The molecule has 2 aromatic heterocycles. The van der Waals surface area contributed by atoms with E-state index in [9.17, 15) is 9.59 Å². The van der Waals surface area contributed by atoms with Crippen molar-refractivity contribution in [3.63, 3.8) is 0 Å². The summed E-state index contributed by atoms with van der Waals surface area (Å²) in [4.78, 5) is 29.0. The molecule has 4 aromatic rings. The molecule has 2 aromatic carbocycles. The fraction of sp³-hybridized carbons (Fsp3) is 0.0952. The Morgan fingerprint density at radius 1 is 1.15 bits per heavy atom. The van der Waals surface area contributed by atoms with E-state index in [0.29, 0.717) is 26.7 Å². The van der Waals surface area contributed by atoms with Gasteiger partial charge in [0, 0.05) is 21.7 Å². The Bertz CT molecular complexity index is 1270. The number of thiazole rings is 1. The van der Waals surface area contributed by atoms with E-state index in [1.165, 1.54) is 23.1 Å². The minimum Gasteiger partial charge on any atom is -0.345 e. The molecule has 0 unspecified atom stereocenters. The van der Waals surface area contributed by atoms with Gasteiger partial charge in [-0.2, -0.15) is 0 Å². The molecule has 0 fully saturated rings. The first kappa shape index (κ1) is 23.4. The van der Waals surface area contributed by atoms with Crippen molar-refractivity contribution < 1.29 is 9.59 Å². The Balaban J connectivity index is 1.50. The summed E-state index contributed by atoms with van der Waals surface area (Å²) >= 11 is 12.1. The SMILES string of the molecule is O=C(CSc1nnc(CNC(=O)c2cc(Br)ccc2Cl)n1-c1ccccc1)Nc1nccs1. The molecule has 0 saturated heterocycles. The minimum atomic E-state index is -0.332. The molecule has 2 amide bonds. The fourth-order valence-corrected chi connectivity index (χ4v) is 4.72. The first-order chi connectivity index (χ1) is 16.0. The molecule has 8 nitrogen and oxygen atoms in total. The number of rotatable bonds is 8. The number of aromatic nitrogens is 4. The summed E-state index contributed by atoms with van der Waals surface area (Å²) in [5.74, 6) is 0.117. The van der Waals surface area contributed by atoms with Gasteiger partial charge in [0.25, 0.3) is 5.91 Å². The molecule has 2 N–H and O–H groups in total. The molecule has 33 heavy (non-hydrogen) atoms. The van der Waals surface area contributed by atoms with E-state index in [0.717, 1.165) is 10.2 Å². The van der Waals surface area contributed by atoms with Crippen LogP contribution in [0, 0.1) is 0 Å². The Labute approximate surface area is 210 Å². The van der Waals surface area contributed by atoms with Crippen LogP contribution >= 0.6 is 50.6 Å². The lowest BCUT2D eigenvalue weighted by molar-refractivity contribution is -0.113. The highest BCUT2D eigenvalue weighted by molar-refractivity contribution is 9.10. The van der Waals surface area contributed by atoms with Crippen molar-refractivity contribution in [1.29, 1.82) is 0 Å². The molecule has 0 atom stereocenters. The predicted octanol–water partition coefficient (Wildman–Crippen LogP) is 4.80. The average Bonchev–Trinajstić information content (AvgIpc) is 3.48. The van der Waals surface area contributed by atoms with E-state index in [2.05, 4.69) is 41.7 Å². The Kier molecular flexibility index (Phi) is 7.76. The zero-order valence-corrected chi connectivity index (χ0v) is 20.8. The van der Waals surface area contributed by atoms with Crippen LogP contribution in [0.15, 0.2) is 69.7 Å². The topological polar surface area (TPSA) is 102 Å². The maximum absolute atomic E-state index is 12.7. The van der Waals surface area contributed by atoms with Gasteiger partial charge >= 0.3 is 0 Å². The monoisotopic (exact) mass is 562 g/mol. The lowest BCUT2D eigenvalue weighted by Crippen LogP contribution is -2.25. The second-order valence-corrected chi connectivity index (χ2v) is 9.71. The third kappa shape index (κ3) is 5.99. The predicted molar refractivity (Wildman–Crippen MR) is 133 cm³/mol. The molecule has 0 aliphatic rings. The van der Waals surface area contributed by atoms with Crippen molar-refractivity contribution in [2.45, 2.75) is 11.7 Å². The third-order valence-corrected chi connectivity index (χ3v) is 6.75. The van der Waals surface area contributed by atoms with Crippen LogP contribution in [0.4, 0.5) is 5.13 Å². The number of halogens is 2. The lowest BCUT2D eigenvalue weighted by atomic mass is 10.2. The maximum Gasteiger partial charge on any atom is 0.253 e. The van der Waals surface area contributed by atoms with Crippen LogP contribution < -0.4 is 10.6 Å². The van der Waals surface area contributed by atoms with E-state index in [1.54, 1.807) is 29.8 Å². The smallest absolute Gasteiger partial charge is 0.253 e. The van der Waals surface area contributed by atoms with Crippen molar-refractivity contribution in [1.82, 2.24) is 25.1 Å². The molecular formula is C21H16BrClN6O2S2. The van der Waals surface area contributed by atoms with E-state index in [4.69, 9.17) is 11.6 Å². The Morgan fingerprint density at radius 3 is 2.73 bits per heavy atom. The van der Waals surface area contributed by atoms with Gasteiger partial charge in [-0.25, -0.2) is 4.98 Å². The van der Waals surface area contributed by atoms with E-state index in [-0.39, 0.29) is 24.1 Å². The van der Waals surface area contributed by atoms with Gasteiger partial charge in [-0.05, 0) is 30.3 Å². The number of para-hydroxylation sites is 1. The molecule has 0 saturated carbocycles. The highest BCUT2D eigenvalue weighted by Gasteiger charge is 2.18. The van der Waals surface area contributed by atoms with Crippen LogP contribution in [0.2, 0.25) is 5.02 Å². The lowest BCUT2D eigenvalue weighted by Gasteiger charge is -2.11. The van der Waals surface area contributed by atoms with E-state index >= 15 is 0 Å². The third-order valence-electron chi connectivity index (χ3n) is 4.31. The second-order valence-electron chi connectivity index (χ2n) is 6.55. The molecule has 2 heterocycles. The molecule has 0 aliphatic carbocycles. The van der Waals surface area contributed by atoms with Gasteiger partial charge in [-0.1, -0.05) is 57.5 Å². The normalized spacial score (nSPS) is 10.7. The summed E-state index contributed by atoms with van der Waals surface area (Å²) < 4.78 is 2.56. The zero-order chi connectivity index (χ0) is 23.2. The molecule has 0 bridgehead atoms. The quantitative estimate of drug-likeness (QED) is 0.299. The number of carbonyl (C=O) groups is 2. The molecular weight excluding hydrogens is 548 g/mol. The van der Waals surface area contributed by atoms with Crippen LogP contribution in [0.5, 0.6) is 0 Å². The average molecular weight is 564 g/mol. The van der Waals surface area contributed by atoms with Crippen molar-refractivity contribution in [3.8, 4) is 5.69 Å². The summed E-state index contributed by atoms with van der Waals surface area (Å²) in [6.45, 7) is 0.120. The fourth-order valence-electron chi connectivity index (χ4n) is 2.84. The number of anilines is 1. The summed E-state index contributed by atoms with van der Waals surface area (Å²) in [5.41, 5.74) is 1.17. The number of amides is 2. The molecule has 4 rings (SSSR count). The molecule has 0 aliphatic heterocycles. The summed E-state index contributed by atoms with van der Waals surface area (Å²) in [5, 5.41) is 17.3. The molecule has 12 heteroatoms. The van der Waals surface area contributed by atoms with Gasteiger partial charge in [0.2, 0.25) is 5.91 Å². The number of hydrogen-bond donors (Lipinski definition) is 2. The van der Waals surface area contributed by atoms with Gasteiger partial charge in [-0.3, -0.25) is 14.2 Å². The van der Waals surface area contributed by atoms with Gasteiger partial charge in [-0.15, -0.1) is 21.5 Å². The number of nitrogens with one attached hydrogen (secondary N) is 2. The standard InChI is InChI=1S/C21H16BrClN6O2S2/c22-13-6-7-16(23)15(10-13)19(31)25-11-17-27-28-21(29(17)14-4-2-1-3-5-14)33-12-18(30)26-20-24-8-9-32-20/h1-10H,11-12H2,(H,25,31)(H,24,26,30). The van der Waals surface area contributed by atoms with Crippen molar-refractivity contribution in [2.24, 2.45) is 0 Å². The number of thioether (sulfide) groups is 1. The van der Waals surface area contributed by atoms with Crippen LogP contribution in [-0.2, 0) is 11.3 Å². The van der Waals surface area contributed by atoms with Crippen LogP contribution in [0.3, 0.4) is 0 Å². The molecule has 0 radical (unpaired) electrons. The van der Waals surface area contributed by atoms with Gasteiger partial charge in [0.05, 0.1) is 22.9 Å².